The average Bonchev–Trinajstić information content (AvgIpc) is 2.93. The van der Waals surface area contributed by atoms with Crippen LogP contribution in [0.15, 0.2) is 33.9 Å². The molecule has 3 aromatic rings. The van der Waals surface area contributed by atoms with Crippen molar-refractivity contribution >= 4 is 0 Å². The van der Waals surface area contributed by atoms with Crippen molar-refractivity contribution in [3.63, 3.8) is 0 Å². The maximum Gasteiger partial charge on any atom is 0.236 e. The van der Waals surface area contributed by atoms with E-state index >= 15 is 0 Å². The Morgan fingerprint density at radius 1 is 0.722 bits per heavy atom. The predicted molar refractivity (Wildman–Crippen MR) is 70.4 cm³/mol. The first kappa shape index (κ1) is 10.8. The number of aryl methyl sites for hydroxylation is 2. The molecule has 0 bridgehead atoms. The molecular formula is C14H12N2O2. The van der Waals surface area contributed by atoms with Gasteiger partial charge in [-0.05, 0) is 38.1 Å². The smallest absolute Gasteiger partial charge is 0.236 e. The number of hydrogen-bond acceptors (Lipinski definition) is 2. The van der Waals surface area contributed by atoms with E-state index in [0.717, 1.165) is 11.4 Å². The highest BCUT2D eigenvalue weighted by Crippen LogP contribution is 2.27. The minimum atomic E-state index is -0.417. The lowest BCUT2D eigenvalue weighted by atomic mass is 9.96. The molecule has 3 rings (SSSR count). The van der Waals surface area contributed by atoms with Crippen molar-refractivity contribution in [3.8, 4) is 22.5 Å². The van der Waals surface area contributed by atoms with Gasteiger partial charge in [-0.15, -0.1) is 0 Å². The van der Waals surface area contributed by atoms with Gasteiger partial charge in [0.25, 0.3) is 0 Å². The Morgan fingerprint density at radius 2 is 1.11 bits per heavy atom. The zero-order chi connectivity index (χ0) is 12.9. The first-order valence-corrected chi connectivity index (χ1v) is 5.73. The molecule has 2 heterocycles. The van der Waals surface area contributed by atoms with E-state index in [9.17, 15) is 9.59 Å². The van der Waals surface area contributed by atoms with Crippen molar-refractivity contribution in [1.29, 1.82) is 0 Å². The minimum absolute atomic E-state index is 0.417. The molecule has 0 aliphatic rings. The second-order valence-electron chi connectivity index (χ2n) is 4.52. The van der Waals surface area contributed by atoms with Gasteiger partial charge in [-0.2, -0.15) is 0 Å². The molecule has 0 saturated carbocycles. The molecule has 0 unspecified atom stereocenters. The predicted octanol–water partition coefficient (Wildman–Crippen LogP) is 1.89. The molecule has 0 fully saturated rings. The van der Waals surface area contributed by atoms with Crippen LogP contribution in [0.3, 0.4) is 0 Å². The monoisotopic (exact) mass is 240 g/mol. The third kappa shape index (κ3) is 1.39. The maximum atomic E-state index is 11.7. The highest BCUT2D eigenvalue weighted by Gasteiger charge is 2.24. The Bertz CT molecular complexity index is 730. The van der Waals surface area contributed by atoms with Crippen LogP contribution in [-0.2, 0) is 0 Å². The van der Waals surface area contributed by atoms with Crippen LogP contribution < -0.4 is 10.9 Å². The van der Waals surface area contributed by atoms with Crippen molar-refractivity contribution in [3.05, 3.63) is 56.1 Å². The Hall–Kier alpha value is -2.36. The van der Waals surface area contributed by atoms with E-state index in [1.165, 1.54) is 0 Å². The number of hydrogen-bond donors (Lipinski definition) is 2. The van der Waals surface area contributed by atoms with Crippen LogP contribution in [0.2, 0.25) is 0 Å². The Balaban J connectivity index is 2.21. The zero-order valence-corrected chi connectivity index (χ0v) is 10.1. The first-order valence-electron chi connectivity index (χ1n) is 5.73. The van der Waals surface area contributed by atoms with Crippen LogP contribution in [0.5, 0.6) is 0 Å². The van der Waals surface area contributed by atoms with E-state index in [1.807, 2.05) is 38.1 Å². The highest BCUT2D eigenvalue weighted by molar-refractivity contribution is 5.84. The lowest BCUT2D eigenvalue weighted by molar-refractivity contribution is 1.23. The second-order valence-corrected chi connectivity index (χ2v) is 4.52. The molecule has 0 aliphatic carbocycles. The van der Waals surface area contributed by atoms with Crippen molar-refractivity contribution in [2.75, 3.05) is 0 Å². The molecule has 0 amide bonds. The van der Waals surface area contributed by atoms with Gasteiger partial charge < -0.3 is 9.97 Å². The fourth-order valence-corrected chi connectivity index (χ4v) is 2.21. The van der Waals surface area contributed by atoms with Gasteiger partial charge in [-0.25, -0.2) is 0 Å². The quantitative estimate of drug-likeness (QED) is 0.672. The fraction of sp³-hybridized carbons (Fsp3) is 0.143. The van der Waals surface area contributed by atoms with E-state index in [4.69, 9.17) is 0 Å². The molecule has 0 atom stereocenters. The van der Waals surface area contributed by atoms with Crippen LogP contribution in [0.4, 0.5) is 0 Å². The molecule has 4 heteroatoms. The van der Waals surface area contributed by atoms with Gasteiger partial charge >= 0.3 is 0 Å². The largest absolute Gasteiger partial charge is 0.359 e. The van der Waals surface area contributed by atoms with Crippen molar-refractivity contribution in [1.82, 2.24) is 9.97 Å². The van der Waals surface area contributed by atoms with Gasteiger partial charge in [0.05, 0.1) is 22.5 Å². The van der Waals surface area contributed by atoms with E-state index in [0.29, 0.717) is 22.5 Å². The zero-order valence-electron chi connectivity index (χ0n) is 10.1. The highest BCUT2D eigenvalue weighted by atomic mass is 16.2. The molecular weight excluding hydrogens is 228 g/mol. The minimum Gasteiger partial charge on any atom is -0.359 e. The summed E-state index contributed by atoms with van der Waals surface area (Å²) in [6.45, 7) is 3.82. The normalized spacial score (nSPS) is 11.2. The number of H-pyrrole nitrogens is 2. The number of nitrogens with one attached hydrogen (secondary N) is 2. The van der Waals surface area contributed by atoms with Crippen molar-refractivity contribution in [2.24, 2.45) is 0 Å². The number of rotatable bonds is 2. The molecule has 2 aromatic heterocycles. The molecule has 1 aromatic carbocycles. The molecule has 2 N–H and O–H groups in total. The third-order valence-electron chi connectivity index (χ3n) is 3.11. The summed E-state index contributed by atoms with van der Waals surface area (Å²) in [5.41, 5.74) is 3.47. The summed E-state index contributed by atoms with van der Waals surface area (Å²) >= 11 is 0. The molecule has 0 spiro atoms. The average molecular weight is 240 g/mol. The van der Waals surface area contributed by atoms with E-state index in [-0.39, 0.29) is 0 Å². The van der Waals surface area contributed by atoms with Crippen LogP contribution >= 0.6 is 0 Å². The lowest BCUT2D eigenvalue weighted by Gasteiger charge is -2.08. The molecule has 18 heavy (non-hydrogen) atoms. The standard InChI is InChI=1S/C14H12N2O2/c1-7-3-5-9(15-7)11-12(14(18)13(11)17)10-6-4-8(2)16-10/h3-6,15-16H,1-2H3. The Kier molecular flexibility index (Phi) is 2.13. The van der Waals surface area contributed by atoms with Crippen molar-refractivity contribution < 1.29 is 0 Å². The van der Waals surface area contributed by atoms with Crippen LogP contribution in [0.1, 0.15) is 11.4 Å². The summed E-state index contributed by atoms with van der Waals surface area (Å²) in [7, 11) is 0. The van der Waals surface area contributed by atoms with Gasteiger partial charge in [0.15, 0.2) is 0 Å². The first-order chi connectivity index (χ1) is 8.58. The van der Waals surface area contributed by atoms with Gasteiger partial charge in [0, 0.05) is 11.4 Å². The van der Waals surface area contributed by atoms with E-state index < -0.39 is 10.9 Å². The van der Waals surface area contributed by atoms with Gasteiger partial charge in [-0.3, -0.25) is 9.59 Å². The number of aromatic amines is 2. The van der Waals surface area contributed by atoms with Crippen LogP contribution in [0, 0.1) is 13.8 Å². The summed E-state index contributed by atoms with van der Waals surface area (Å²) in [5.74, 6) is 0. The van der Waals surface area contributed by atoms with Gasteiger partial charge in [0.2, 0.25) is 10.9 Å². The summed E-state index contributed by atoms with van der Waals surface area (Å²) in [5, 5.41) is 0. The van der Waals surface area contributed by atoms with Gasteiger partial charge in [0.1, 0.15) is 0 Å². The topological polar surface area (TPSA) is 65.7 Å². The van der Waals surface area contributed by atoms with Crippen LogP contribution in [0.25, 0.3) is 22.5 Å². The third-order valence-corrected chi connectivity index (χ3v) is 3.11. The summed E-state index contributed by atoms with van der Waals surface area (Å²) < 4.78 is 0. The SMILES string of the molecule is Cc1ccc(-c2c(-c3ccc(C)[nH]3)c(=O)c2=O)[nH]1. The fourth-order valence-electron chi connectivity index (χ4n) is 2.21. The molecule has 90 valence electrons. The maximum absolute atomic E-state index is 11.7. The lowest BCUT2D eigenvalue weighted by Crippen LogP contribution is -2.35. The van der Waals surface area contributed by atoms with Gasteiger partial charge in [-0.1, -0.05) is 0 Å². The molecule has 4 nitrogen and oxygen atoms in total. The van der Waals surface area contributed by atoms with Crippen molar-refractivity contribution in [2.45, 2.75) is 13.8 Å². The second kappa shape index (κ2) is 3.57. The summed E-state index contributed by atoms with van der Waals surface area (Å²) in [6, 6.07) is 7.42. The van der Waals surface area contributed by atoms with E-state index in [2.05, 4.69) is 9.97 Å². The molecule has 0 saturated heterocycles. The van der Waals surface area contributed by atoms with Crippen LogP contribution in [-0.4, -0.2) is 9.97 Å². The molecule has 0 radical (unpaired) electrons. The van der Waals surface area contributed by atoms with E-state index in [1.54, 1.807) is 0 Å². The summed E-state index contributed by atoms with van der Waals surface area (Å²) in [6.07, 6.45) is 0. The summed E-state index contributed by atoms with van der Waals surface area (Å²) in [4.78, 5) is 29.6. The Labute approximate surface area is 103 Å². The number of aromatic nitrogens is 2. The molecule has 0 aliphatic heterocycles. The Morgan fingerprint density at radius 3 is 1.39 bits per heavy atom.